The number of rotatable bonds is 4. The molecule has 0 aliphatic carbocycles. The normalized spacial score (nSPS) is 11.7. The van der Waals surface area contributed by atoms with Crippen LogP contribution in [0.2, 0.25) is 0 Å². The standard InChI is InChI=1S/C22H25NO2/c1-15-5-7-16(8-6-15)13-23-21(24)11-17-14-25-20-10-9-18(12-19(17)20)22(2,3)4/h5-10,12,14H,11,13H2,1-4H3,(H,23,24). The van der Waals surface area contributed by atoms with Crippen LogP contribution in [0.3, 0.4) is 0 Å². The Hall–Kier alpha value is -2.55. The predicted molar refractivity (Wildman–Crippen MR) is 102 cm³/mol. The fourth-order valence-electron chi connectivity index (χ4n) is 2.83. The van der Waals surface area contributed by atoms with Crippen LogP contribution in [0.4, 0.5) is 0 Å². The average Bonchev–Trinajstić information content (AvgIpc) is 2.96. The number of hydrogen-bond acceptors (Lipinski definition) is 2. The molecule has 0 aliphatic heterocycles. The minimum Gasteiger partial charge on any atom is -0.464 e. The summed E-state index contributed by atoms with van der Waals surface area (Å²) in [4.78, 5) is 12.3. The molecule has 0 atom stereocenters. The van der Waals surface area contributed by atoms with Gasteiger partial charge in [-0.3, -0.25) is 4.79 Å². The Morgan fingerprint density at radius 1 is 1.08 bits per heavy atom. The summed E-state index contributed by atoms with van der Waals surface area (Å²) in [6.45, 7) is 9.15. The van der Waals surface area contributed by atoms with Gasteiger partial charge in [-0.2, -0.15) is 0 Å². The van der Waals surface area contributed by atoms with E-state index in [9.17, 15) is 4.79 Å². The maximum absolute atomic E-state index is 12.3. The number of fused-ring (bicyclic) bond motifs is 1. The molecule has 3 heteroatoms. The lowest BCUT2D eigenvalue weighted by Crippen LogP contribution is -2.24. The molecule has 25 heavy (non-hydrogen) atoms. The number of furan rings is 1. The molecule has 0 saturated carbocycles. The number of carbonyl (C=O) groups excluding carboxylic acids is 1. The van der Waals surface area contributed by atoms with Crippen LogP contribution in [0.25, 0.3) is 11.0 Å². The summed E-state index contributed by atoms with van der Waals surface area (Å²) in [6.07, 6.45) is 2.02. The largest absolute Gasteiger partial charge is 0.464 e. The molecule has 0 saturated heterocycles. The summed E-state index contributed by atoms with van der Waals surface area (Å²) in [5.74, 6) is 0.00411. The van der Waals surface area contributed by atoms with Crippen LogP contribution < -0.4 is 5.32 Å². The topological polar surface area (TPSA) is 42.2 Å². The SMILES string of the molecule is Cc1ccc(CNC(=O)Cc2coc3ccc(C(C)(C)C)cc23)cc1. The zero-order valence-corrected chi connectivity index (χ0v) is 15.3. The van der Waals surface area contributed by atoms with E-state index in [-0.39, 0.29) is 11.3 Å². The molecule has 0 fully saturated rings. The van der Waals surface area contributed by atoms with Crippen molar-refractivity contribution in [2.75, 3.05) is 0 Å². The van der Waals surface area contributed by atoms with E-state index < -0.39 is 0 Å². The van der Waals surface area contributed by atoms with Gasteiger partial charge >= 0.3 is 0 Å². The van der Waals surface area contributed by atoms with Gasteiger partial charge in [-0.05, 0) is 35.6 Å². The highest BCUT2D eigenvalue weighted by atomic mass is 16.3. The molecule has 3 rings (SSSR count). The molecular formula is C22H25NO2. The maximum Gasteiger partial charge on any atom is 0.224 e. The summed E-state index contributed by atoms with van der Waals surface area (Å²) >= 11 is 0. The summed E-state index contributed by atoms with van der Waals surface area (Å²) < 4.78 is 5.61. The van der Waals surface area contributed by atoms with Gasteiger partial charge in [0.25, 0.3) is 0 Å². The lowest BCUT2D eigenvalue weighted by Gasteiger charge is -2.18. The van der Waals surface area contributed by atoms with E-state index in [4.69, 9.17) is 4.42 Å². The number of aryl methyl sites for hydroxylation is 1. The molecule has 0 unspecified atom stereocenters. The summed E-state index contributed by atoms with van der Waals surface area (Å²) in [6, 6.07) is 14.4. The van der Waals surface area contributed by atoms with Crippen LogP contribution >= 0.6 is 0 Å². The molecule has 3 aromatic rings. The first-order valence-electron chi connectivity index (χ1n) is 8.66. The van der Waals surface area contributed by atoms with Gasteiger partial charge in [0.05, 0.1) is 12.7 Å². The van der Waals surface area contributed by atoms with Crippen LogP contribution in [0.1, 0.15) is 43.0 Å². The summed E-state index contributed by atoms with van der Waals surface area (Å²) in [7, 11) is 0. The van der Waals surface area contributed by atoms with Crippen LogP contribution in [0.5, 0.6) is 0 Å². The number of hydrogen-bond donors (Lipinski definition) is 1. The second-order valence-corrected chi connectivity index (χ2v) is 7.66. The molecule has 0 bridgehead atoms. The fraction of sp³-hybridized carbons (Fsp3) is 0.318. The highest BCUT2D eigenvalue weighted by molar-refractivity contribution is 5.88. The first-order valence-corrected chi connectivity index (χ1v) is 8.66. The van der Waals surface area contributed by atoms with Crippen molar-refractivity contribution in [1.29, 1.82) is 0 Å². The smallest absolute Gasteiger partial charge is 0.224 e. The van der Waals surface area contributed by atoms with Gasteiger partial charge in [-0.25, -0.2) is 0 Å². The minimum absolute atomic E-state index is 0.00411. The number of carbonyl (C=O) groups is 1. The molecule has 1 N–H and O–H groups in total. The molecule has 1 aromatic heterocycles. The molecule has 3 nitrogen and oxygen atoms in total. The minimum atomic E-state index is 0.00411. The second-order valence-electron chi connectivity index (χ2n) is 7.66. The Kier molecular flexibility index (Phi) is 4.67. The third-order valence-corrected chi connectivity index (χ3v) is 4.48. The first kappa shape index (κ1) is 17.3. The van der Waals surface area contributed by atoms with Gasteiger partial charge in [0, 0.05) is 17.5 Å². The van der Waals surface area contributed by atoms with Crippen LogP contribution in [0.15, 0.2) is 53.1 Å². The lowest BCUT2D eigenvalue weighted by atomic mass is 9.86. The van der Waals surface area contributed by atoms with Gasteiger partial charge in [0.2, 0.25) is 5.91 Å². The third-order valence-electron chi connectivity index (χ3n) is 4.48. The van der Waals surface area contributed by atoms with E-state index in [2.05, 4.69) is 57.3 Å². The highest BCUT2D eigenvalue weighted by Crippen LogP contribution is 2.29. The van der Waals surface area contributed by atoms with Crippen molar-refractivity contribution in [2.24, 2.45) is 0 Å². The van der Waals surface area contributed by atoms with Crippen molar-refractivity contribution in [2.45, 2.75) is 46.1 Å². The molecule has 0 aliphatic rings. The van der Waals surface area contributed by atoms with Crippen molar-refractivity contribution < 1.29 is 9.21 Å². The zero-order chi connectivity index (χ0) is 18.0. The molecule has 130 valence electrons. The van der Waals surface area contributed by atoms with Crippen molar-refractivity contribution in [3.05, 3.63) is 71.0 Å². The van der Waals surface area contributed by atoms with E-state index >= 15 is 0 Å². The molecule has 1 amide bonds. The van der Waals surface area contributed by atoms with Crippen molar-refractivity contribution in [1.82, 2.24) is 5.32 Å². The lowest BCUT2D eigenvalue weighted by molar-refractivity contribution is -0.120. The number of amides is 1. The van der Waals surface area contributed by atoms with Crippen LogP contribution in [-0.4, -0.2) is 5.91 Å². The summed E-state index contributed by atoms with van der Waals surface area (Å²) in [5.41, 5.74) is 5.39. The first-order chi connectivity index (χ1) is 11.8. The van der Waals surface area contributed by atoms with E-state index in [1.165, 1.54) is 11.1 Å². The Morgan fingerprint density at radius 2 is 1.80 bits per heavy atom. The molecule has 0 radical (unpaired) electrons. The number of benzene rings is 2. The third kappa shape index (κ3) is 4.11. The fourth-order valence-corrected chi connectivity index (χ4v) is 2.83. The Balaban J connectivity index is 1.71. The molecule has 0 spiro atoms. The van der Waals surface area contributed by atoms with E-state index in [1.54, 1.807) is 6.26 Å². The van der Waals surface area contributed by atoms with Crippen molar-refractivity contribution >= 4 is 16.9 Å². The van der Waals surface area contributed by atoms with Crippen molar-refractivity contribution in [3.8, 4) is 0 Å². The van der Waals surface area contributed by atoms with E-state index in [0.717, 1.165) is 22.1 Å². The molecule has 2 aromatic carbocycles. The van der Waals surface area contributed by atoms with Gasteiger partial charge in [-0.15, -0.1) is 0 Å². The van der Waals surface area contributed by atoms with Gasteiger partial charge in [-0.1, -0.05) is 56.7 Å². The Labute approximate surface area is 149 Å². The summed E-state index contributed by atoms with van der Waals surface area (Å²) in [5, 5.41) is 4.01. The van der Waals surface area contributed by atoms with Crippen molar-refractivity contribution in [3.63, 3.8) is 0 Å². The quantitative estimate of drug-likeness (QED) is 0.737. The average molecular weight is 335 g/mol. The second kappa shape index (κ2) is 6.75. The molecular weight excluding hydrogens is 310 g/mol. The maximum atomic E-state index is 12.3. The Bertz CT molecular complexity index is 883. The van der Waals surface area contributed by atoms with Gasteiger partial charge < -0.3 is 9.73 Å². The van der Waals surface area contributed by atoms with E-state index in [1.807, 2.05) is 18.2 Å². The highest BCUT2D eigenvalue weighted by Gasteiger charge is 2.17. The van der Waals surface area contributed by atoms with Crippen LogP contribution in [-0.2, 0) is 23.2 Å². The van der Waals surface area contributed by atoms with Gasteiger partial charge in [0.1, 0.15) is 5.58 Å². The van der Waals surface area contributed by atoms with Gasteiger partial charge in [0.15, 0.2) is 0 Å². The zero-order valence-electron chi connectivity index (χ0n) is 15.3. The predicted octanol–water partition coefficient (Wildman–Crippen LogP) is 4.90. The molecule has 1 heterocycles. The Morgan fingerprint density at radius 3 is 2.48 bits per heavy atom. The number of nitrogens with one attached hydrogen (secondary N) is 1. The van der Waals surface area contributed by atoms with E-state index in [0.29, 0.717) is 13.0 Å². The van der Waals surface area contributed by atoms with Crippen LogP contribution in [0, 0.1) is 6.92 Å². The monoisotopic (exact) mass is 335 g/mol.